The summed E-state index contributed by atoms with van der Waals surface area (Å²) in [5.41, 5.74) is 3.36. The van der Waals surface area contributed by atoms with Crippen LogP contribution in [0.25, 0.3) is 22.0 Å². The van der Waals surface area contributed by atoms with Crippen LogP contribution in [0.5, 0.6) is 0 Å². The summed E-state index contributed by atoms with van der Waals surface area (Å²) in [6.45, 7) is 4.17. The van der Waals surface area contributed by atoms with Gasteiger partial charge in [-0.3, -0.25) is 4.98 Å². The Balaban J connectivity index is 2.29. The van der Waals surface area contributed by atoms with Crippen LogP contribution in [0.2, 0.25) is 0 Å². The summed E-state index contributed by atoms with van der Waals surface area (Å²) in [5, 5.41) is 2.31. The minimum Gasteiger partial charge on any atom is -0.256 e. The molecule has 0 atom stereocenters. The predicted molar refractivity (Wildman–Crippen MR) is 79.3 cm³/mol. The lowest BCUT2D eigenvalue weighted by Gasteiger charge is -2.34. The number of nitrogens with zero attached hydrogens (tertiary/aromatic N) is 1. The van der Waals surface area contributed by atoms with Gasteiger partial charge in [0.15, 0.2) is 0 Å². The average molecular weight is 263 g/mol. The number of fused-ring (bicyclic) bond motifs is 2. The zero-order chi connectivity index (χ0) is 13.9. The van der Waals surface area contributed by atoms with Crippen molar-refractivity contribution in [3.63, 3.8) is 0 Å². The molecule has 0 amide bonds. The SMILES string of the molecule is CC1(C)c2c(F)cccc2-c2nccc3cccc1c23. The maximum absolute atomic E-state index is 14.4. The minimum absolute atomic E-state index is 0.152. The molecule has 20 heavy (non-hydrogen) atoms. The number of benzene rings is 2. The number of hydrogen-bond donors (Lipinski definition) is 0. The zero-order valence-electron chi connectivity index (χ0n) is 11.4. The van der Waals surface area contributed by atoms with Gasteiger partial charge in [0, 0.05) is 28.1 Å². The van der Waals surface area contributed by atoms with Crippen LogP contribution in [-0.4, -0.2) is 4.98 Å². The van der Waals surface area contributed by atoms with Crippen LogP contribution < -0.4 is 0 Å². The third kappa shape index (κ3) is 1.29. The maximum atomic E-state index is 14.4. The topological polar surface area (TPSA) is 12.9 Å². The largest absolute Gasteiger partial charge is 0.256 e. The molecule has 0 saturated heterocycles. The van der Waals surface area contributed by atoms with E-state index < -0.39 is 0 Å². The highest BCUT2D eigenvalue weighted by Crippen LogP contribution is 2.48. The van der Waals surface area contributed by atoms with E-state index in [1.54, 1.807) is 12.3 Å². The highest BCUT2D eigenvalue weighted by molar-refractivity contribution is 6.01. The lowest BCUT2D eigenvalue weighted by atomic mass is 9.69. The number of pyridine rings is 1. The first-order valence-corrected chi connectivity index (χ1v) is 6.78. The Morgan fingerprint density at radius 1 is 1.00 bits per heavy atom. The number of halogens is 1. The van der Waals surface area contributed by atoms with Crippen molar-refractivity contribution in [2.24, 2.45) is 0 Å². The van der Waals surface area contributed by atoms with Gasteiger partial charge in [0.05, 0.1) is 5.69 Å². The fourth-order valence-corrected chi connectivity index (χ4v) is 3.45. The number of aromatic nitrogens is 1. The van der Waals surface area contributed by atoms with Crippen LogP contribution in [0.15, 0.2) is 48.7 Å². The van der Waals surface area contributed by atoms with Crippen molar-refractivity contribution >= 4 is 10.8 Å². The van der Waals surface area contributed by atoms with Crippen molar-refractivity contribution in [2.45, 2.75) is 19.3 Å². The second kappa shape index (κ2) is 3.66. The van der Waals surface area contributed by atoms with Crippen LogP contribution in [0.1, 0.15) is 25.0 Å². The predicted octanol–water partition coefficient (Wildman–Crippen LogP) is 4.68. The fourth-order valence-electron chi connectivity index (χ4n) is 3.45. The molecule has 0 unspecified atom stereocenters. The molecular weight excluding hydrogens is 249 g/mol. The Labute approximate surface area is 117 Å². The van der Waals surface area contributed by atoms with E-state index in [1.807, 2.05) is 18.2 Å². The van der Waals surface area contributed by atoms with Gasteiger partial charge >= 0.3 is 0 Å². The van der Waals surface area contributed by atoms with Crippen molar-refractivity contribution in [2.75, 3.05) is 0 Å². The van der Waals surface area contributed by atoms with Gasteiger partial charge < -0.3 is 0 Å². The highest BCUT2D eigenvalue weighted by atomic mass is 19.1. The Morgan fingerprint density at radius 3 is 2.65 bits per heavy atom. The number of hydrogen-bond acceptors (Lipinski definition) is 1. The summed E-state index contributed by atoms with van der Waals surface area (Å²) in [4.78, 5) is 4.52. The molecule has 1 heterocycles. The molecular formula is C18H14FN. The van der Waals surface area contributed by atoms with Crippen molar-refractivity contribution in [1.29, 1.82) is 0 Å². The minimum atomic E-state index is -0.351. The molecule has 0 fully saturated rings. The summed E-state index contributed by atoms with van der Waals surface area (Å²) in [6, 6.07) is 13.5. The van der Waals surface area contributed by atoms with E-state index in [-0.39, 0.29) is 11.2 Å². The highest BCUT2D eigenvalue weighted by Gasteiger charge is 2.36. The summed E-state index contributed by atoms with van der Waals surface area (Å²) in [5.74, 6) is -0.152. The molecule has 0 N–H and O–H groups in total. The zero-order valence-corrected chi connectivity index (χ0v) is 11.4. The van der Waals surface area contributed by atoms with Gasteiger partial charge in [-0.25, -0.2) is 4.39 Å². The summed E-state index contributed by atoms with van der Waals surface area (Å²) < 4.78 is 14.4. The maximum Gasteiger partial charge on any atom is 0.127 e. The molecule has 4 rings (SSSR count). The van der Waals surface area contributed by atoms with Gasteiger partial charge in [-0.15, -0.1) is 0 Å². The van der Waals surface area contributed by atoms with E-state index in [9.17, 15) is 4.39 Å². The van der Waals surface area contributed by atoms with Crippen molar-refractivity contribution in [1.82, 2.24) is 4.98 Å². The second-order valence-electron chi connectivity index (χ2n) is 5.85. The van der Waals surface area contributed by atoms with E-state index in [2.05, 4.69) is 31.0 Å². The molecule has 3 aromatic rings. The van der Waals surface area contributed by atoms with E-state index in [0.29, 0.717) is 0 Å². The van der Waals surface area contributed by atoms with Crippen molar-refractivity contribution in [3.8, 4) is 11.3 Å². The van der Waals surface area contributed by atoms with Gasteiger partial charge in [-0.2, -0.15) is 0 Å². The van der Waals surface area contributed by atoms with Gasteiger partial charge in [-0.05, 0) is 23.1 Å². The second-order valence-corrected chi connectivity index (χ2v) is 5.85. The van der Waals surface area contributed by atoms with Gasteiger partial charge in [0.25, 0.3) is 0 Å². The molecule has 2 heteroatoms. The molecule has 2 aromatic carbocycles. The van der Waals surface area contributed by atoms with E-state index in [0.717, 1.165) is 33.2 Å². The normalized spacial score (nSPS) is 15.2. The van der Waals surface area contributed by atoms with E-state index in [1.165, 1.54) is 6.07 Å². The van der Waals surface area contributed by atoms with Crippen LogP contribution in [-0.2, 0) is 5.41 Å². The van der Waals surface area contributed by atoms with Crippen LogP contribution in [0.4, 0.5) is 4.39 Å². The first-order chi connectivity index (χ1) is 9.60. The quantitative estimate of drug-likeness (QED) is 0.574. The lowest BCUT2D eigenvalue weighted by Crippen LogP contribution is -2.25. The van der Waals surface area contributed by atoms with Crippen LogP contribution in [0, 0.1) is 5.82 Å². The third-order valence-corrected chi connectivity index (χ3v) is 4.36. The Kier molecular flexibility index (Phi) is 2.12. The lowest BCUT2D eigenvalue weighted by molar-refractivity contribution is 0.550. The first-order valence-electron chi connectivity index (χ1n) is 6.78. The molecule has 1 aliphatic carbocycles. The monoisotopic (exact) mass is 263 g/mol. The Hall–Kier alpha value is -2.22. The van der Waals surface area contributed by atoms with Crippen LogP contribution >= 0.6 is 0 Å². The van der Waals surface area contributed by atoms with Gasteiger partial charge in [0.2, 0.25) is 0 Å². The molecule has 0 aliphatic heterocycles. The van der Waals surface area contributed by atoms with E-state index >= 15 is 0 Å². The smallest absolute Gasteiger partial charge is 0.127 e. The molecule has 1 aliphatic rings. The van der Waals surface area contributed by atoms with E-state index in [4.69, 9.17) is 0 Å². The first kappa shape index (κ1) is 11.6. The van der Waals surface area contributed by atoms with Gasteiger partial charge in [0.1, 0.15) is 5.82 Å². The number of rotatable bonds is 0. The standard InChI is InChI=1S/C18H14FN/c1-18(2)13-7-3-5-11-9-10-20-17(15(11)13)12-6-4-8-14(19)16(12)18/h3-10H,1-2H3. The van der Waals surface area contributed by atoms with Gasteiger partial charge in [-0.1, -0.05) is 44.2 Å². The molecule has 98 valence electrons. The van der Waals surface area contributed by atoms with Crippen LogP contribution in [0.3, 0.4) is 0 Å². The molecule has 1 aromatic heterocycles. The summed E-state index contributed by atoms with van der Waals surface area (Å²) >= 11 is 0. The Bertz CT molecular complexity index is 844. The fraction of sp³-hybridized carbons (Fsp3) is 0.167. The molecule has 0 bridgehead atoms. The molecule has 0 spiro atoms. The molecule has 1 nitrogen and oxygen atoms in total. The van der Waals surface area contributed by atoms with Crippen molar-refractivity contribution < 1.29 is 4.39 Å². The molecule has 0 radical (unpaired) electrons. The third-order valence-electron chi connectivity index (χ3n) is 4.36. The molecule has 0 saturated carbocycles. The summed E-state index contributed by atoms with van der Waals surface area (Å²) in [6.07, 6.45) is 1.80. The Morgan fingerprint density at radius 2 is 1.80 bits per heavy atom. The average Bonchev–Trinajstić information content (AvgIpc) is 2.44. The summed E-state index contributed by atoms with van der Waals surface area (Å²) in [7, 11) is 0. The van der Waals surface area contributed by atoms with Crippen molar-refractivity contribution in [3.05, 3.63) is 65.6 Å².